The Bertz CT molecular complexity index is 157. The average molecular weight is 154 g/mol. The fourth-order valence-corrected chi connectivity index (χ4v) is 0.385. The summed E-state index contributed by atoms with van der Waals surface area (Å²) in [6, 6.07) is 12.0. The lowest BCUT2D eigenvalue weighted by atomic mass is 10.4. The minimum absolute atomic E-state index is 0.690. The van der Waals surface area contributed by atoms with Crippen molar-refractivity contribution in [2.24, 2.45) is 0 Å². The molecule has 3 heteroatoms. The molecule has 1 aromatic carbocycles. The zero-order valence-electron chi connectivity index (χ0n) is 6.23. The van der Waals surface area contributed by atoms with Gasteiger partial charge in [0.2, 0.25) is 0 Å². The molecule has 0 atom stereocenters. The van der Waals surface area contributed by atoms with Crippen LogP contribution >= 0.6 is 0 Å². The van der Waals surface area contributed by atoms with Gasteiger partial charge in [0.25, 0.3) is 0 Å². The van der Waals surface area contributed by atoms with Gasteiger partial charge in [-0.05, 0) is 0 Å². The zero-order chi connectivity index (χ0) is 8.53. The van der Waals surface area contributed by atoms with Crippen LogP contribution in [0.2, 0.25) is 0 Å². The Balaban J connectivity index is 0.000000187. The molecule has 0 aromatic heterocycles. The second-order valence-corrected chi connectivity index (χ2v) is 1.74. The predicted molar refractivity (Wildman–Crippen MR) is 40.8 cm³/mol. The highest BCUT2D eigenvalue weighted by Gasteiger charge is 1.79. The van der Waals surface area contributed by atoms with Gasteiger partial charge in [0, 0.05) is 6.92 Å². The van der Waals surface area contributed by atoms with E-state index in [4.69, 9.17) is 5.26 Å². The maximum absolute atomic E-state index is 9.34. The molecular weight excluding hydrogens is 144 g/mol. The van der Waals surface area contributed by atoms with E-state index in [-0.39, 0.29) is 0 Å². The Morgan fingerprint density at radius 2 is 1.27 bits per heavy atom. The van der Waals surface area contributed by atoms with E-state index in [0.717, 1.165) is 6.92 Å². The summed E-state index contributed by atoms with van der Waals surface area (Å²) in [6.07, 6.45) is 0. The molecule has 0 radical (unpaired) electrons. The molecule has 3 nitrogen and oxygen atoms in total. The molecule has 1 rings (SSSR count). The van der Waals surface area contributed by atoms with Crippen molar-refractivity contribution in [3.05, 3.63) is 36.4 Å². The van der Waals surface area contributed by atoms with E-state index in [1.54, 1.807) is 0 Å². The fraction of sp³-hybridized carbons (Fsp3) is 0.125. The predicted octanol–water partition coefficient (Wildman–Crippen LogP) is 1.71. The van der Waals surface area contributed by atoms with Crippen molar-refractivity contribution in [1.29, 1.82) is 0 Å². The molecule has 60 valence electrons. The Hall–Kier alpha value is -1.35. The molecule has 0 aliphatic rings. The summed E-state index contributed by atoms with van der Waals surface area (Å²) in [5, 5.41) is 7.29. The molecule has 0 spiro atoms. The molecule has 1 aromatic rings. The quantitative estimate of drug-likeness (QED) is 0.457. The van der Waals surface area contributed by atoms with E-state index in [0.29, 0.717) is 0 Å². The fourth-order valence-electron chi connectivity index (χ4n) is 0.385. The Labute approximate surface area is 65.2 Å². The number of carbonyl (C=O) groups is 1. The highest BCUT2D eigenvalue weighted by molar-refractivity contribution is 5.64. The lowest BCUT2D eigenvalue weighted by Crippen LogP contribution is -1.89. The summed E-state index contributed by atoms with van der Waals surface area (Å²) in [7, 11) is 0. The molecule has 0 saturated heterocycles. The smallest absolute Gasteiger partial charge is 0.301 e. The van der Waals surface area contributed by atoms with E-state index in [9.17, 15) is 4.79 Å². The van der Waals surface area contributed by atoms with Gasteiger partial charge in [-0.2, -0.15) is 5.26 Å². The third-order valence-corrected chi connectivity index (χ3v) is 0.795. The van der Waals surface area contributed by atoms with Crippen LogP contribution in [0, 0.1) is 0 Å². The molecule has 0 aliphatic carbocycles. The first-order valence-corrected chi connectivity index (χ1v) is 3.09. The summed E-state index contributed by atoms with van der Waals surface area (Å²) in [5.74, 6) is -0.690. The number of rotatable bonds is 0. The van der Waals surface area contributed by atoms with Crippen LogP contribution in [0.5, 0.6) is 0 Å². The van der Waals surface area contributed by atoms with E-state index in [1.165, 1.54) is 0 Å². The largest absolute Gasteiger partial charge is 0.339 e. The Morgan fingerprint density at radius 3 is 1.36 bits per heavy atom. The van der Waals surface area contributed by atoms with Crippen molar-refractivity contribution in [2.45, 2.75) is 6.92 Å². The van der Waals surface area contributed by atoms with E-state index in [2.05, 4.69) is 4.89 Å². The first kappa shape index (κ1) is 9.65. The van der Waals surface area contributed by atoms with E-state index in [1.807, 2.05) is 36.4 Å². The summed E-state index contributed by atoms with van der Waals surface area (Å²) in [6.45, 7) is 1.11. The maximum atomic E-state index is 9.34. The lowest BCUT2D eigenvalue weighted by Gasteiger charge is -1.76. The summed E-state index contributed by atoms with van der Waals surface area (Å²) in [4.78, 5) is 12.5. The number of carbonyl (C=O) groups excluding carboxylic acids is 1. The van der Waals surface area contributed by atoms with Crippen molar-refractivity contribution in [3.8, 4) is 0 Å². The lowest BCUT2D eigenvalue weighted by molar-refractivity contribution is -0.231. The second-order valence-electron chi connectivity index (χ2n) is 1.74. The third-order valence-electron chi connectivity index (χ3n) is 0.795. The molecule has 0 saturated carbocycles. The van der Waals surface area contributed by atoms with Gasteiger partial charge in [-0.25, -0.2) is 4.79 Å². The van der Waals surface area contributed by atoms with E-state index >= 15 is 0 Å². The summed E-state index contributed by atoms with van der Waals surface area (Å²) < 4.78 is 0. The molecule has 1 N–H and O–H groups in total. The zero-order valence-corrected chi connectivity index (χ0v) is 6.23. The first-order valence-electron chi connectivity index (χ1n) is 3.09. The third kappa shape index (κ3) is 8.65. The summed E-state index contributed by atoms with van der Waals surface area (Å²) >= 11 is 0. The van der Waals surface area contributed by atoms with Gasteiger partial charge < -0.3 is 4.89 Å². The minimum atomic E-state index is -0.690. The highest BCUT2D eigenvalue weighted by atomic mass is 17.1. The van der Waals surface area contributed by atoms with Crippen molar-refractivity contribution < 1.29 is 14.9 Å². The standard InChI is InChI=1S/C6H6.C2H4O3/c1-2-4-6-5-3-1;1-2(3)5-4/h1-6H;4H,1H3. The van der Waals surface area contributed by atoms with Crippen molar-refractivity contribution >= 4 is 5.97 Å². The van der Waals surface area contributed by atoms with Crippen LogP contribution in [0.25, 0.3) is 0 Å². The van der Waals surface area contributed by atoms with Gasteiger partial charge in [0.1, 0.15) is 0 Å². The summed E-state index contributed by atoms with van der Waals surface area (Å²) in [5.41, 5.74) is 0. The topological polar surface area (TPSA) is 46.5 Å². The maximum Gasteiger partial charge on any atom is 0.339 e. The number of hydrogen-bond acceptors (Lipinski definition) is 3. The highest BCUT2D eigenvalue weighted by Crippen LogP contribution is 1.79. The van der Waals surface area contributed by atoms with Crippen LogP contribution in [0.1, 0.15) is 6.92 Å². The van der Waals surface area contributed by atoms with Crippen molar-refractivity contribution in [2.75, 3.05) is 0 Å². The molecular formula is C8H10O3. The van der Waals surface area contributed by atoms with Crippen LogP contribution in [0.4, 0.5) is 0 Å². The van der Waals surface area contributed by atoms with Crippen LogP contribution < -0.4 is 0 Å². The Morgan fingerprint density at radius 1 is 1.09 bits per heavy atom. The SMILES string of the molecule is CC(=O)OO.c1ccccc1. The minimum Gasteiger partial charge on any atom is -0.301 e. The monoisotopic (exact) mass is 154 g/mol. The van der Waals surface area contributed by atoms with Crippen LogP contribution in [-0.4, -0.2) is 11.2 Å². The molecule has 0 unspecified atom stereocenters. The van der Waals surface area contributed by atoms with Gasteiger partial charge in [-0.3, -0.25) is 0 Å². The normalized spacial score (nSPS) is 7.45. The molecule has 11 heavy (non-hydrogen) atoms. The van der Waals surface area contributed by atoms with Gasteiger partial charge in [0.05, 0.1) is 0 Å². The van der Waals surface area contributed by atoms with Gasteiger partial charge >= 0.3 is 5.97 Å². The first-order chi connectivity index (χ1) is 5.27. The molecule has 0 fully saturated rings. The second kappa shape index (κ2) is 6.77. The molecule has 0 bridgehead atoms. The number of benzene rings is 1. The van der Waals surface area contributed by atoms with Gasteiger partial charge in [-0.15, -0.1) is 0 Å². The average Bonchev–Trinajstić information content (AvgIpc) is 2.09. The van der Waals surface area contributed by atoms with Gasteiger partial charge in [-0.1, -0.05) is 36.4 Å². The van der Waals surface area contributed by atoms with Crippen LogP contribution in [0.3, 0.4) is 0 Å². The molecule has 0 amide bonds. The van der Waals surface area contributed by atoms with Crippen molar-refractivity contribution in [1.82, 2.24) is 0 Å². The molecule has 0 heterocycles. The van der Waals surface area contributed by atoms with Crippen LogP contribution in [-0.2, 0) is 9.68 Å². The molecule has 0 aliphatic heterocycles. The van der Waals surface area contributed by atoms with Crippen LogP contribution in [0.15, 0.2) is 36.4 Å². The van der Waals surface area contributed by atoms with Crippen molar-refractivity contribution in [3.63, 3.8) is 0 Å². The number of hydrogen-bond donors (Lipinski definition) is 1. The van der Waals surface area contributed by atoms with Gasteiger partial charge in [0.15, 0.2) is 0 Å². The Kier molecular flexibility index (Phi) is 5.94. The van der Waals surface area contributed by atoms with E-state index < -0.39 is 5.97 Å².